The van der Waals surface area contributed by atoms with Crippen molar-refractivity contribution in [3.05, 3.63) is 29.9 Å². The molecule has 0 spiro atoms. The maximum Gasteiger partial charge on any atom is 0.146 e. The quantitative estimate of drug-likeness (QED) is 0.802. The molecule has 17 heavy (non-hydrogen) atoms. The van der Waals surface area contributed by atoms with Crippen LogP contribution in [0.5, 0.6) is 0 Å². The van der Waals surface area contributed by atoms with Crippen LogP contribution in [0, 0.1) is 0 Å². The van der Waals surface area contributed by atoms with Crippen LogP contribution in [0.2, 0.25) is 0 Å². The van der Waals surface area contributed by atoms with E-state index in [-0.39, 0.29) is 0 Å². The molecule has 0 bridgehead atoms. The summed E-state index contributed by atoms with van der Waals surface area (Å²) in [7, 11) is 0. The second-order valence-corrected chi connectivity index (χ2v) is 4.46. The average molecular weight is 231 g/mol. The summed E-state index contributed by atoms with van der Waals surface area (Å²) in [5, 5.41) is 4.20. The van der Waals surface area contributed by atoms with Crippen LogP contribution in [0.25, 0.3) is 0 Å². The Balaban J connectivity index is 1.88. The van der Waals surface area contributed by atoms with Gasteiger partial charge in [-0.15, -0.1) is 0 Å². The van der Waals surface area contributed by atoms with Gasteiger partial charge in [0.1, 0.15) is 12.2 Å². The molecular weight excluding hydrogens is 214 g/mol. The fourth-order valence-electron chi connectivity index (χ4n) is 2.49. The van der Waals surface area contributed by atoms with Crippen LogP contribution >= 0.6 is 0 Å². The van der Waals surface area contributed by atoms with E-state index in [4.69, 9.17) is 0 Å². The van der Waals surface area contributed by atoms with Crippen LogP contribution in [-0.4, -0.2) is 24.3 Å². The predicted octanol–water partition coefficient (Wildman–Crippen LogP) is 1.42. The number of hydrogen-bond acceptors (Lipinski definition) is 3. The van der Waals surface area contributed by atoms with Gasteiger partial charge in [0.15, 0.2) is 0 Å². The fraction of sp³-hybridized carbons (Fsp3) is 0.583. The fourth-order valence-corrected chi connectivity index (χ4v) is 2.49. The Morgan fingerprint density at radius 1 is 1.24 bits per heavy atom. The van der Waals surface area contributed by atoms with Gasteiger partial charge in [0, 0.05) is 12.2 Å². The van der Waals surface area contributed by atoms with E-state index in [1.807, 2.05) is 11.0 Å². The molecule has 0 saturated carbocycles. The first-order chi connectivity index (χ1) is 8.38. The highest BCUT2D eigenvalue weighted by atomic mass is 15.3. The summed E-state index contributed by atoms with van der Waals surface area (Å²) in [5.41, 5.74) is 2.67. The third-order valence-electron chi connectivity index (χ3n) is 3.42. The topological polar surface area (TPSA) is 48.5 Å². The number of fused-ring (bicyclic) bond motifs is 1. The first-order valence-electron chi connectivity index (χ1n) is 6.28. The van der Waals surface area contributed by atoms with E-state index in [1.54, 1.807) is 6.33 Å². The Kier molecular flexibility index (Phi) is 2.66. The van der Waals surface area contributed by atoms with Crippen LogP contribution in [0.3, 0.4) is 0 Å². The van der Waals surface area contributed by atoms with Crippen LogP contribution in [0.15, 0.2) is 12.7 Å². The Bertz CT molecular complexity index is 511. The minimum absolute atomic E-state index is 0.788. The van der Waals surface area contributed by atoms with Gasteiger partial charge in [-0.1, -0.05) is 0 Å². The first kappa shape index (κ1) is 10.5. The van der Waals surface area contributed by atoms with Crippen molar-refractivity contribution in [2.24, 2.45) is 0 Å². The van der Waals surface area contributed by atoms with Gasteiger partial charge in [-0.2, -0.15) is 5.10 Å². The van der Waals surface area contributed by atoms with E-state index in [2.05, 4.69) is 26.6 Å². The smallest absolute Gasteiger partial charge is 0.146 e. The molecule has 3 rings (SSSR count). The van der Waals surface area contributed by atoms with E-state index in [1.165, 1.54) is 24.2 Å². The molecule has 5 heteroatoms. The number of nitrogens with zero attached hydrogens (tertiary/aromatic N) is 5. The minimum atomic E-state index is 0.788. The van der Waals surface area contributed by atoms with Crippen LogP contribution in [0.1, 0.15) is 37.0 Å². The molecule has 1 aliphatic carbocycles. The lowest BCUT2D eigenvalue weighted by Gasteiger charge is -2.13. The average Bonchev–Trinajstić information content (AvgIpc) is 2.97. The monoisotopic (exact) mass is 231 g/mol. The van der Waals surface area contributed by atoms with Crippen molar-refractivity contribution in [2.45, 2.75) is 45.7 Å². The molecule has 0 amide bonds. The molecule has 0 aliphatic heterocycles. The molecule has 0 unspecified atom stereocenters. The molecule has 0 radical (unpaired) electrons. The van der Waals surface area contributed by atoms with Gasteiger partial charge in [-0.05, 0) is 32.6 Å². The van der Waals surface area contributed by atoms with E-state index < -0.39 is 0 Å². The van der Waals surface area contributed by atoms with E-state index in [0.29, 0.717) is 0 Å². The number of imidazole rings is 1. The second-order valence-electron chi connectivity index (χ2n) is 4.46. The third-order valence-corrected chi connectivity index (χ3v) is 3.42. The van der Waals surface area contributed by atoms with E-state index >= 15 is 0 Å². The summed E-state index contributed by atoms with van der Waals surface area (Å²) in [5.74, 6) is 1.01. The second kappa shape index (κ2) is 4.31. The Morgan fingerprint density at radius 3 is 3.00 bits per heavy atom. The van der Waals surface area contributed by atoms with Crippen molar-refractivity contribution in [3.63, 3.8) is 0 Å². The van der Waals surface area contributed by atoms with E-state index in [0.717, 1.165) is 31.8 Å². The highest BCUT2D eigenvalue weighted by molar-refractivity contribution is 5.17. The highest BCUT2D eigenvalue weighted by Crippen LogP contribution is 2.20. The van der Waals surface area contributed by atoms with Gasteiger partial charge < -0.3 is 4.57 Å². The molecule has 0 saturated heterocycles. The van der Waals surface area contributed by atoms with Gasteiger partial charge in [-0.25, -0.2) is 14.6 Å². The van der Waals surface area contributed by atoms with Gasteiger partial charge in [0.2, 0.25) is 0 Å². The Hall–Kier alpha value is -1.65. The number of rotatable bonds is 3. The predicted molar refractivity (Wildman–Crippen MR) is 63.7 cm³/mol. The summed E-state index contributed by atoms with van der Waals surface area (Å²) >= 11 is 0. The molecule has 2 aromatic heterocycles. The van der Waals surface area contributed by atoms with E-state index in [9.17, 15) is 0 Å². The molecule has 0 atom stereocenters. The zero-order valence-corrected chi connectivity index (χ0v) is 10.1. The zero-order chi connectivity index (χ0) is 11.7. The zero-order valence-electron chi connectivity index (χ0n) is 10.1. The molecule has 2 aromatic rings. The van der Waals surface area contributed by atoms with Gasteiger partial charge >= 0.3 is 0 Å². The normalized spacial score (nSPS) is 14.9. The lowest BCUT2D eigenvalue weighted by molar-refractivity contribution is 0.571. The van der Waals surface area contributed by atoms with Gasteiger partial charge in [0.25, 0.3) is 0 Å². The van der Waals surface area contributed by atoms with Crippen molar-refractivity contribution in [2.75, 3.05) is 0 Å². The Morgan fingerprint density at radius 2 is 2.12 bits per heavy atom. The van der Waals surface area contributed by atoms with Crippen LogP contribution in [0.4, 0.5) is 0 Å². The maximum absolute atomic E-state index is 4.50. The standard InChI is InChI=1S/C12H17N5/c1-2-17-12(13-8-15-17)7-16-9-14-10-5-3-4-6-11(10)16/h8-9H,2-7H2,1H3. The SMILES string of the molecule is CCn1ncnc1Cn1cnc2c1CCCC2. The molecule has 1 aliphatic rings. The molecule has 0 fully saturated rings. The largest absolute Gasteiger partial charge is 0.327 e. The molecule has 90 valence electrons. The third kappa shape index (κ3) is 1.85. The molecule has 0 N–H and O–H groups in total. The molecule has 0 aromatic carbocycles. The Labute approximate surface area is 101 Å². The maximum atomic E-state index is 4.50. The van der Waals surface area contributed by atoms with Crippen LogP contribution in [-0.2, 0) is 25.9 Å². The molecular formula is C12H17N5. The van der Waals surface area contributed by atoms with Crippen molar-refractivity contribution >= 4 is 0 Å². The van der Waals surface area contributed by atoms with Crippen LogP contribution < -0.4 is 0 Å². The highest BCUT2D eigenvalue weighted by Gasteiger charge is 2.16. The number of aromatic nitrogens is 5. The summed E-state index contributed by atoms with van der Waals surface area (Å²) < 4.78 is 4.17. The lowest BCUT2D eigenvalue weighted by Crippen LogP contribution is -2.12. The summed E-state index contributed by atoms with van der Waals surface area (Å²) in [4.78, 5) is 8.81. The van der Waals surface area contributed by atoms with Gasteiger partial charge in [-0.3, -0.25) is 0 Å². The minimum Gasteiger partial charge on any atom is -0.327 e. The van der Waals surface area contributed by atoms with Crippen molar-refractivity contribution < 1.29 is 0 Å². The van der Waals surface area contributed by atoms with Crippen molar-refractivity contribution in [1.82, 2.24) is 24.3 Å². The number of aryl methyl sites for hydroxylation is 2. The first-order valence-corrected chi connectivity index (χ1v) is 6.28. The summed E-state index contributed by atoms with van der Waals surface area (Å²) in [6, 6.07) is 0. The summed E-state index contributed by atoms with van der Waals surface area (Å²) in [6.45, 7) is 3.74. The van der Waals surface area contributed by atoms with Gasteiger partial charge in [0.05, 0.1) is 18.6 Å². The molecule has 5 nitrogen and oxygen atoms in total. The van der Waals surface area contributed by atoms with Crippen molar-refractivity contribution in [1.29, 1.82) is 0 Å². The lowest BCUT2D eigenvalue weighted by atomic mass is 10.0. The molecule has 2 heterocycles. The van der Waals surface area contributed by atoms with Crippen molar-refractivity contribution in [3.8, 4) is 0 Å². The number of hydrogen-bond donors (Lipinski definition) is 0. The summed E-state index contributed by atoms with van der Waals surface area (Å²) in [6.07, 6.45) is 8.40.